The molecule has 1 aliphatic heterocycles. The topological polar surface area (TPSA) is 47.3 Å². The highest BCUT2D eigenvalue weighted by atomic mass is 32.2. The van der Waals surface area contributed by atoms with Crippen molar-refractivity contribution in [3.63, 3.8) is 0 Å². The lowest BCUT2D eigenvalue weighted by Gasteiger charge is -2.22. The van der Waals surface area contributed by atoms with Gasteiger partial charge in [-0.05, 0) is 36.7 Å². The van der Waals surface area contributed by atoms with Crippen molar-refractivity contribution >= 4 is 23.1 Å². The van der Waals surface area contributed by atoms with E-state index in [1.165, 1.54) is 30.4 Å². The standard InChI is InChI=1S/C15H23FN2OS/c1-2-5-19-15-9-14(13(17)8-12(15)16)18-10-11-3-6-20-7-4-11/h8-9,11,18H,2-7,10,17H2,1H3. The fourth-order valence-corrected chi connectivity index (χ4v) is 3.45. The number of hydrogen-bond donors (Lipinski definition) is 2. The first-order valence-electron chi connectivity index (χ1n) is 7.24. The van der Waals surface area contributed by atoms with Gasteiger partial charge in [-0.2, -0.15) is 11.8 Å². The summed E-state index contributed by atoms with van der Waals surface area (Å²) in [6.07, 6.45) is 3.32. The van der Waals surface area contributed by atoms with Crippen molar-refractivity contribution in [2.45, 2.75) is 26.2 Å². The minimum Gasteiger partial charge on any atom is -0.490 e. The molecule has 1 aliphatic rings. The van der Waals surface area contributed by atoms with E-state index in [1.54, 1.807) is 6.07 Å². The maximum atomic E-state index is 13.7. The molecule has 0 atom stereocenters. The molecule has 0 bridgehead atoms. The number of nitrogens with two attached hydrogens (primary N) is 1. The number of hydrogen-bond acceptors (Lipinski definition) is 4. The summed E-state index contributed by atoms with van der Waals surface area (Å²) >= 11 is 2.01. The molecule has 0 aliphatic carbocycles. The van der Waals surface area contributed by atoms with E-state index < -0.39 is 5.82 Å². The van der Waals surface area contributed by atoms with Crippen LogP contribution in [-0.4, -0.2) is 24.7 Å². The largest absolute Gasteiger partial charge is 0.490 e. The van der Waals surface area contributed by atoms with Crippen molar-refractivity contribution in [3.05, 3.63) is 17.9 Å². The summed E-state index contributed by atoms with van der Waals surface area (Å²) in [7, 11) is 0. The normalized spacial score (nSPS) is 16.1. The van der Waals surface area contributed by atoms with Crippen molar-refractivity contribution in [3.8, 4) is 5.75 Å². The van der Waals surface area contributed by atoms with E-state index in [1.807, 2.05) is 18.7 Å². The van der Waals surface area contributed by atoms with Crippen LogP contribution in [0.5, 0.6) is 5.75 Å². The smallest absolute Gasteiger partial charge is 0.167 e. The summed E-state index contributed by atoms with van der Waals surface area (Å²) in [6.45, 7) is 3.40. The van der Waals surface area contributed by atoms with Gasteiger partial charge in [-0.1, -0.05) is 6.92 Å². The van der Waals surface area contributed by atoms with Crippen LogP contribution in [0.25, 0.3) is 0 Å². The molecule has 1 fully saturated rings. The molecule has 0 unspecified atom stereocenters. The van der Waals surface area contributed by atoms with Crippen LogP contribution in [0.3, 0.4) is 0 Å². The Kier molecular flexibility index (Phi) is 5.83. The van der Waals surface area contributed by atoms with Crippen LogP contribution in [0.4, 0.5) is 15.8 Å². The molecule has 1 aromatic rings. The lowest BCUT2D eigenvalue weighted by atomic mass is 10.0. The van der Waals surface area contributed by atoms with Gasteiger partial charge in [0.05, 0.1) is 18.0 Å². The third-order valence-electron chi connectivity index (χ3n) is 3.49. The maximum Gasteiger partial charge on any atom is 0.167 e. The number of anilines is 2. The zero-order valence-electron chi connectivity index (χ0n) is 12.0. The number of benzene rings is 1. The molecule has 0 radical (unpaired) electrons. The minimum atomic E-state index is -0.393. The van der Waals surface area contributed by atoms with Crippen molar-refractivity contribution in [1.82, 2.24) is 0 Å². The zero-order chi connectivity index (χ0) is 14.4. The molecule has 0 aromatic heterocycles. The Balaban J connectivity index is 1.98. The quantitative estimate of drug-likeness (QED) is 0.785. The van der Waals surface area contributed by atoms with E-state index in [2.05, 4.69) is 5.32 Å². The van der Waals surface area contributed by atoms with Gasteiger partial charge in [0, 0.05) is 18.7 Å². The molecule has 20 heavy (non-hydrogen) atoms. The number of nitrogens with one attached hydrogen (secondary N) is 1. The third kappa shape index (κ3) is 4.20. The SMILES string of the molecule is CCCOc1cc(NCC2CCSCC2)c(N)cc1F. The molecule has 1 aromatic carbocycles. The fraction of sp³-hybridized carbons (Fsp3) is 0.600. The van der Waals surface area contributed by atoms with E-state index in [9.17, 15) is 4.39 Å². The highest BCUT2D eigenvalue weighted by molar-refractivity contribution is 7.99. The van der Waals surface area contributed by atoms with Gasteiger partial charge in [0.15, 0.2) is 11.6 Å². The van der Waals surface area contributed by atoms with Crippen molar-refractivity contribution in [2.75, 3.05) is 35.7 Å². The van der Waals surface area contributed by atoms with Crippen LogP contribution in [0.1, 0.15) is 26.2 Å². The predicted octanol–water partition coefficient (Wildman–Crippen LogP) is 3.75. The Morgan fingerprint density at radius 1 is 1.40 bits per heavy atom. The summed E-state index contributed by atoms with van der Waals surface area (Å²) in [5.74, 6) is 3.03. The van der Waals surface area contributed by atoms with Crippen LogP contribution in [0, 0.1) is 11.7 Å². The lowest BCUT2D eigenvalue weighted by molar-refractivity contribution is 0.301. The number of ether oxygens (including phenoxy) is 1. The highest BCUT2D eigenvalue weighted by Crippen LogP contribution is 2.29. The molecule has 2 rings (SSSR count). The highest BCUT2D eigenvalue weighted by Gasteiger charge is 2.15. The first kappa shape index (κ1) is 15.3. The van der Waals surface area contributed by atoms with Crippen molar-refractivity contribution in [1.29, 1.82) is 0 Å². The van der Waals surface area contributed by atoms with Crippen molar-refractivity contribution in [2.24, 2.45) is 5.92 Å². The predicted molar refractivity (Wildman–Crippen MR) is 85.1 cm³/mol. The zero-order valence-corrected chi connectivity index (χ0v) is 12.8. The number of halogens is 1. The minimum absolute atomic E-state index is 0.280. The summed E-state index contributed by atoms with van der Waals surface area (Å²) in [6, 6.07) is 3.02. The molecular weight excluding hydrogens is 275 g/mol. The summed E-state index contributed by atoms with van der Waals surface area (Å²) in [5.41, 5.74) is 7.09. The molecule has 1 heterocycles. The van der Waals surface area contributed by atoms with E-state index in [0.29, 0.717) is 18.2 Å². The Hall–Kier alpha value is -1.10. The number of rotatable bonds is 6. The van der Waals surface area contributed by atoms with E-state index in [-0.39, 0.29) is 5.75 Å². The maximum absolute atomic E-state index is 13.7. The molecule has 0 amide bonds. The summed E-state index contributed by atoms with van der Waals surface area (Å²) < 4.78 is 19.1. The Bertz CT molecular complexity index is 436. The summed E-state index contributed by atoms with van der Waals surface area (Å²) in [5, 5.41) is 3.35. The van der Waals surface area contributed by atoms with Gasteiger partial charge in [0.1, 0.15) is 0 Å². The first-order valence-corrected chi connectivity index (χ1v) is 8.39. The van der Waals surface area contributed by atoms with Gasteiger partial charge in [-0.3, -0.25) is 0 Å². The molecule has 112 valence electrons. The molecule has 5 heteroatoms. The number of nitrogen functional groups attached to an aromatic ring is 1. The van der Waals surface area contributed by atoms with Gasteiger partial charge >= 0.3 is 0 Å². The van der Waals surface area contributed by atoms with Crippen LogP contribution in [0.2, 0.25) is 0 Å². The van der Waals surface area contributed by atoms with Gasteiger partial charge < -0.3 is 15.8 Å². The number of thioether (sulfide) groups is 1. The second-order valence-electron chi connectivity index (χ2n) is 5.15. The molecule has 1 saturated heterocycles. The van der Waals surface area contributed by atoms with Gasteiger partial charge in [0.25, 0.3) is 0 Å². The molecule has 3 N–H and O–H groups in total. The lowest BCUT2D eigenvalue weighted by Crippen LogP contribution is -2.19. The molecular formula is C15H23FN2OS. The Morgan fingerprint density at radius 2 is 2.15 bits per heavy atom. The van der Waals surface area contributed by atoms with Gasteiger partial charge in [-0.25, -0.2) is 4.39 Å². The Labute approximate surface area is 124 Å². The Morgan fingerprint density at radius 3 is 2.85 bits per heavy atom. The first-order chi connectivity index (χ1) is 9.70. The molecule has 3 nitrogen and oxygen atoms in total. The van der Waals surface area contributed by atoms with Gasteiger partial charge in [-0.15, -0.1) is 0 Å². The van der Waals surface area contributed by atoms with E-state index in [0.717, 1.165) is 18.7 Å². The van der Waals surface area contributed by atoms with Crippen LogP contribution in [0.15, 0.2) is 12.1 Å². The van der Waals surface area contributed by atoms with E-state index in [4.69, 9.17) is 10.5 Å². The van der Waals surface area contributed by atoms with Crippen molar-refractivity contribution < 1.29 is 9.13 Å². The summed E-state index contributed by atoms with van der Waals surface area (Å²) in [4.78, 5) is 0. The molecule has 0 saturated carbocycles. The average Bonchev–Trinajstić information content (AvgIpc) is 2.46. The monoisotopic (exact) mass is 298 g/mol. The average molecular weight is 298 g/mol. The van der Waals surface area contributed by atoms with E-state index >= 15 is 0 Å². The van der Waals surface area contributed by atoms with Crippen LogP contribution >= 0.6 is 11.8 Å². The van der Waals surface area contributed by atoms with Crippen LogP contribution < -0.4 is 15.8 Å². The fourth-order valence-electron chi connectivity index (χ4n) is 2.25. The van der Waals surface area contributed by atoms with Crippen LogP contribution in [-0.2, 0) is 0 Å². The molecule has 0 spiro atoms. The second kappa shape index (κ2) is 7.62. The second-order valence-corrected chi connectivity index (χ2v) is 6.38. The third-order valence-corrected chi connectivity index (χ3v) is 4.54. The van der Waals surface area contributed by atoms with Gasteiger partial charge in [0.2, 0.25) is 0 Å².